The van der Waals surface area contributed by atoms with Crippen LogP contribution in [0.25, 0.3) is 0 Å². The van der Waals surface area contributed by atoms with Gasteiger partial charge in [0.1, 0.15) is 0 Å². The molecule has 0 radical (unpaired) electrons. The van der Waals surface area contributed by atoms with Gasteiger partial charge >= 0.3 is 5.97 Å². The number of carbonyl (C=O) groups is 3. The topological polar surface area (TPSA) is 93.8 Å². The summed E-state index contributed by atoms with van der Waals surface area (Å²) in [6.07, 6.45) is 7.44. The van der Waals surface area contributed by atoms with E-state index in [-0.39, 0.29) is 47.4 Å². The Morgan fingerprint density at radius 3 is 2.69 bits per heavy atom. The predicted molar refractivity (Wildman–Crippen MR) is 130 cm³/mol. The Balaban J connectivity index is 1.61. The lowest BCUT2D eigenvalue weighted by Gasteiger charge is -2.64. The maximum Gasteiger partial charge on any atom is 0.375 e. The van der Waals surface area contributed by atoms with E-state index in [1.165, 1.54) is 18.4 Å². The maximum absolute atomic E-state index is 13.6. The number of carbonyl (C=O) groups excluding carboxylic acids is 3. The lowest BCUT2D eigenvalue weighted by atomic mass is 9.45. The Morgan fingerprint density at radius 2 is 2.03 bits per heavy atom. The number of esters is 1. The zero-order chi connectivity index (χ0) is 25.4. The second-order valence-corrected chi connectivity index (χ2v) is 12.0. The monoisotopic (exact) mass is 520 g/mol. The van der Waals surface area contributed by atoms with Crippen LogP contribution in [-0.2, 0) is 14.3 Å². The Kier molecular flexibility index (Phi) is 5.71. The number of hydrogen-bond acceptors (Lipinski definition) is 6. The minimum atomic E-state index is -1.53. The molecule has 0 amide bonds. The van der Waals surface area contributed by atoms with Crippen LogP contribution < -0.4 is 0 Å². The summed E-state index contributed by atoms with van der Waals surface area (Å²) in [5, 5.41) is 11.8. The van der Waals surface area contributed by atoms with Gasteiger partial charge in [-0.15, -0.1) is 23.2 Å². The number of aliphatic hydroxyl groups is 1. The van der Waals surface area contributed by atoms with Gasteiger partial charge in [-0.25, -0.2) is 4.79 Å². The summed E-state index contributed by atoms with van der Waals surface area (Å²) in [5.74, 6) is -2.12. The summed E-state index contributed by atoms with van der Waals surface area (Å²) >= 11 is 13.6. The fraction of sp³-hybridized carbons (Fsp3) is 0.593. The Morgan fingerprint density at radius 1 is 1.29 bits per heavy atom. The van der Waals surface area contributed by atoms with Crippen LogP contribution in [0.15, 0.2) is 46.6 Å². The van der Waals surface area contributed by atoms with Crippen LogP contribution >= 0.6 is 23.2 Å². The van der Waals surface area contributed by atoms with E-state index in [9.17, 15) is 19.5 Å². The van der Waals surface area contributed by atoms with E-state index in [2.05, 4.69) is 0 Å². The van der Waals surface area contributed by atoms with Gasteiger partial charge in [0.15, 0.2) is 17.2 Å². The van der Waals surface area contributed by atoms with Gasteiger partial charge in [-0.3, -0.25) is 9.59 Å². The van der Waals surface area contributed by atoms with Crippen LogP contribution in [0.3, 0.4) is 0 Å². The highest BCUT2D eigenvalue weighted by molar-refractivity contribution is 6.29. The average molecular weight is 521 g/mol. The van der Waals surface area contributed by atoms with Crippen LogP contribution in [0.1, 0.15) is 57.0 Å². The number of halogens is 2. The molecule has 1 aromatic heterocycles. The molecule has 0 aromatic carbocycles. The van der Waals surface area contributed by atoms with Crippen molar-refractivity contribution in [2.45, 2.75) is 63.0 Å². The fourth-order valence-electron chi connectivity index (χ4n) is 8.09. The van der Waals surface area contributed by atoms with E-state index < -0.39 is 33.4 Å². The van der Waals surface area contributed by atoms with Crippen LogP contribution in [0.4, 0.5) is 0 Å². The van der Waals surface area contributed by atoms with Gasteiger partial charge in [-0.2, -0.15) is 0 Å². The average Bonchev–Trinajstić information content (AvgIpc) is 3.42. The zero-order valence-corrected chi connectivity index (χ0v) is 21.6. The molecule has 8 heteroatoms. The molecule has 0 saturated heterocycles. The first-order chi connectivity index (χ1) is 16.5. The third-order valence-corrected chi connectivity index (χ3v) is 10.9. The number of fused-ring (bicyclic) bond motifs is 5. The molecule has 4 aliphatic rings. The highest BCUT2D eigenvalue weighted by atomic mass is 35.5. The second-order valence-electron chi connectivity index (χ2n) is 11.1. The number of rotatable bonds is 4. The minimum absolute atomic E-state index is 0.00557. The van der Waals surface area contributed by atoms with Crippen molar-refractivity contribution >= 4 is 40.7 Å². The Hall–Kier alpha value is -1.89. The zero-order valence-electron chi connectivity index (χ0n) is 20.1. The smallest absolute Gasteiger partial charge is 0.375 e. The predicted octanol–water partition coefficient (Wildman–Crippen LogP) is 4.87. The van der Waals surface area contributed by atoms with Gasteiger partial charge < -0.3 is 14.3 Å². The lowest BCUT2D eigenvalue weighted by Crippen LogP contribution is -2.69. The molecule has 0 spiro atoms. The molecule has 1 heterocycles. The molecular weight excluding hydrogens is 491 g/mol. The molecule has 0 bridgehead atoms. The van der Waals surface area contributed by atoms with Crippen LogP contribution in [0.5, 0.6) is 0 Å². The minimum Gasteiger partial charge on any atom is -0.457 e. The summed E-state index contributed by atoms with van der Waals surface area (Å²) in [6.45, 7) is 5.81. The first-order valence-electron chi connectivity index (χ1n) is 12.1. The molecule has 3 fully saturated rings. The molecular formula is C27H30Cl2O6. The number of hydrogen-bond donors (Lipinski definition) is 1. The molecule has 1 aromatic rings. The van der Waals surface area contributed by atoms with Crippen molar-refractivity contribution in [2.75, 3.05) is 5.88 Å². The van der Waals surface area contributed by atoms with Gasteiger partial charge in [0, 0.05) is 16.7 Å². The molecule has 6 nitrogen and oxygen atoms in total. The van der Waals surface area contributed by atoms with Crippen LogP contribution in [0.2, 0.25) is 0 Å². The van der Waals surface area contributed by atoms with Gasteiger partial charge in [0.25, 0.3) is 0 Å². The van der Waals surface area contributed by atoms with E-state index >= 15 is 0 Å². The van der Waals surface area contributed by atoms with Crippen molar-refractivity contribution in [2.24, 2.45) is 28.6 Å². The Bertz CT molecular complexity index is 1140. The molecule has 0 unspecified atom stereocenters. The summed E-state index contributed by atoms with van der Waals surface area (Å²) in [7, 11) is 0. The van der Waals surface area contributed by atoms with Gasteiger partial charge in [-0.1, -0.05) is 32.4 Å². The number of ketones is 2. The molecule has 8 atom stereocenters. The van der Waals surface area contributed by atoms with Crippen molar-refractivity contribution in [1.29, 1.82) is 0 Å². The molecule has 0 aliphatic heterocycles. The van der Waals surface area contributed by atoms with E-state index in [1.54, 1.807) is 12.1 Å². The first kappa shape index (κ1) is 24.8. The maximum atomic E-state index is 13.6. The number of ether oxygens (including phenoxy) is 1. The number of allylic oxidation sites excluding steroid dienone is 4. The quantitative estimate of drug-likeness (QED) is 0.449. The third kappa shape index (κ3) is 3.02. The van der Waals surface area contributed by atoms with Crippen molar-refractivity contribution in [3.8, 4) is 0 Å². The van der Waals surface area contributed by atoms with E-state index in [4.69, 9.17) is 32.4 Å². The molecule has 188 valence electrons. The van der Waals surface area contributed by atoms with E-state index in [1.807, 2.05) is 26.8 Å². The second kappa shape index (κ2) is 8.06. The van der Waals surface area contributed by atoms with Gasteiger partial charge in [-0.05, 0) is 61.8 Å². The van der Waals surface area contributed by atoms with Crippen molar-refractivity contribution in [3.05, 3.63) is 48.0 Å². The highest BCUT2D eigenvalue weighted by Crippen LogP contribution is 2.72. The number of furan rings is 1. The van der Waals surface area contributed by atoms with E-state index in [0.717, 1.165) is 5.57 Å². The van der Waals surface area contributed by atoms with Gasteiger partial charge in [0.2, 0.25) is 5.76 Å². The largest absolute Gasteiger partial charge is 0.457 e. The molecule has 1 N–H and O–H groups in total. The number of alkyl halides is 2. The summed E-state index contributed by atoms with van der Waals surface area (Å²) < 4.78 is 11.3. The van der Waals surface area contributed by atoms with Gasteiger partial charge in [0.05, 0.1) is 23.1 Å². The van der Waals surface area contributed by atoms with E-state index in [0.29, 0.717) is 19.3 Å². The fourth-order valence-corrected chi connectivity index (χ4v) is 8.81. The standard InChI is InChI=1S/C27H30Cl2O6/c1-15-11-19-18-7-6-16-12-17(30)8-9-24(16,2)26(18,29)21(31)13-25(19,3)27(15,22(32)14-28)35-23(33)20-5-4-10-34-20/h4-5,8-10,12,15,18-19,21,31H,6-7,11,13-14H2,1-3H3/t15-,18+,19+,21+,24-,25-,26-,27-/m1/s1. The van der Waals surface area contributed by atoms with Crippen LogP contribution in [-0.4, -0.2) is 45.1 Å². The molecule has 5 rings (SSSR count). The highest BCUT2D eigenvalue weighted by Gasteiger charge is 2.76. The summed E-state index contributed by atoms with van der Waals surface area (Å²) in [4.78, 5) is 37.7. The normalized spacial score (nSPS) is 44.2. The SMILES string of the molecule is C[C@@H]1C[C@H]2[C@@H]3CCC4=CC(=O)C=C[C@@]4(C)[C@]3(Cl)[C@@H](O)C[C@@]2(C)[C@]1(OC(=O)c1ccco1)C(=O)CCl. The molecule has 4 aliphatic carbocycles. The van der Waals surface area contributed by atoms with Crippen molar-refractivity contribution in [3.63, 3.8) is 0 Å². The third-order valence-electron chi connectivity index (χ3n) is 9.69. The summed E-state index contributed by atoms with van der Waals surface area (Å²) in [6, 6.07) is 3.07. The molecule has 3 saturated carbocycles. The first-order valence-corrected chi connectivity index (χ1v) is 13.0. The number of Topliss-reactive ketones (excluding diaryl/α,β-unsaturated/α-hetero) is 1. The Labute approximate surface area is 214 Å². The van der Waals surface area contributed by atoms with Crippen molar-refractivity contribution < 1.29 is 28.6 Å². The number of aliphatic hydroxyl groups excluding tert-OH is 1. The summed E-state index contributed by atoms with van der Waals surface area (Å²) in [5.41, 5.74) is -2.20. The van der Waals surface area contributed by atoms with Crippen molar-refractivity contribution in [1.82, 2.24) is 0 Å². The lowest BCUT2D eigenvalue weighted by molar-refractivity contribution is -0.177. The molecule has 35 heavy (non-hydrogen) atoms. The van der Waals surface area contributed by atoms with Crippen LogP contribution in [0, 0.1) is 28.6 Å².